The first-order valence-corrected chi connectivity index (χ1v) is 10.1. The van der Waals surface area contributed by atoms with E-state index in [1.807, 2.05) is 60.7 Å². The Labute approximate surface area is 162 Å². The monoisotopic (exact) mass is 388 g/mol. The molecule has 0 bridgehead atoms. The molecule has 1 heterocycles. The van der Waals surface area contributed by atoms with Gasteiger partial charge >= 0.3 is 0 Å². The molecule has 1 nitrogen and oxygen atoms in total. The molecular formula is C21H18Cl2OS. The number of halogens is 2. The molecule has 25 heavy (non-hydrogen) atoms. The average Bonchev–Trinajstić information content (AvgIpc) is 2.65. The van der Waals surface area contributed by atoms with Gasteiger partial charge in [-0.1, -0.05) is 60.7 Å². The van der Waals surface area contributed by atoms with E-state index in [2.05, 4.69) is 0 Å². The zero-order valence-corrected chi connectivity index (χ0v) is 16.0. The number of alkyl halides is 2. The molecule has 0 saturated heterocycles. The van der Waals surface area contributed by atoms with E-state index >= 15 is 0 Å². The van der Waals surface area contributed by atoms with Gasteiger partial charge in [-0.15, -0.1) is 35.0 Å². The zero-order chi connectivity index (χ0) is 17.4. The smallest absolute Gasteiger partial charge is 0.160 e. The first kappa shape index (κ1) is 17.2. The Bertz CT molecular complexity index is 818. The molecule has 4 rings (SSSR count). The van der Waals surface area contributed by atoms with Crippen molar-refractivity contribution < 1.29 is 4.79 Å². The Kier molecular flexibility index (Phi) is 4.70. The van der Waals surface area contributed by atoms with Crippen LogP contribution in [-0.2, 0) is 9.00 Å². The van der Waals surface area contributed by atoms with Crippen molar-refractivity contribution >= 4 is 40.7 Å². The Balaban J connectivity index is 1.89. The van der Waals surface area contributed by atoms with E-state index in [-0.39, 0.29) is 11.7 Å². The fourth-order valence-electron chi connectivity index (χ4n) is 3.76. The first-order chi connectivity index (χ1) is 12.1. The molecule has 128 valence electrons. The second-order valence-electron chi connectivity index (χ2n) is 6.52. The number of hydrogen-bond donors (Lipinski definition) is 0. The third kappa shape index (κ3) is 2.95. The van der Waals surface area contributed by atoms with E-state index in [0.29, 0.717) is 6.42 Å². The molecule has 2 aliphatic rings. The summed E-state index contributed by atoms with van der Waals surface area (Å²) in [5, 5.41) is -0.412. The van der Waals surface area contributed by atoms with Crippen LogP contribution >= 0.6 is 35.0 Å². The van der Waals surface area contributed by atoms with E-state index in [1.165, 1.54) is 0 Å². The highest BCUT2D eigenvalue weighted by Gasteiger charge is 2.51. The van der Waals surface area contributed by atoms with Crippen LogP contribution in [0.1, 0.15) is 36.3 Å². The summed E-state index contributed by atoms with van der Waals surface area (Å²) in [5.74, 6) is 0.0460. The van der Waals surface area contributed by atoms with Crippen LogP contribution < -0.4 is 0 Å². The van der Waals surface area contributed by atoms with Crippen molar-refractivity contribution in [2.75, 3.05) is 0 Å². The molecule has 0 radical (unpaired) electrons. The van der Waals surface area contributed by atoms with Gasteiger partial charge in [-0.05, 0) is 28.9 Å². The van der Waals surface area contributed by atoms with Gasteiger partial charge in [0.15, 0.2) is 5.78 Å². The van der Waals surface area contributed by atoms with Gasteiger partial charge in [-0.25, -0.2) is 0 Å². The Hall–Kier alpha value is -1.22. The number of rotatable bonds is 2. The van der Waals surface area contributed by atoms with Crippen molar-refractivity contribution in [3.8, 4) is 0 Å². The highest BCUT2D eigenvalue weighted by atomic mass is 35.5. The van der Waals surface area contributed by atoms with Gasteiger partial charge in [0.1, 0.15) is 4.21 Å². The SMILES string of the molecule is O=C1CCCC2=C1C(c1ccccc1)C(Cl)C(Cl)(c1ccccc1)S2. The summed E-state index contributed by atoms with van der Waals surface area (Å²) < 4.78 is -0.778. The van der Waals surface area contributed by atoms with E-state index < -0.39 is 9.58 Å². The lowest BCUT2D eigenvalue weighted by molar-refractivity contribution is -0.116. The van der Waals surface area contributed by atoms with Crippen LogP contribution in [0.5, 0.6) is 0 Å². The number of carbonyl (C=O) groups is 1. The van der Waals surface area contributed by atoms with Gasteiger partial charge in [0.25, 0.3) is 0 Å². The lowest BCUT2D eigenvalue weighted by atomic mass is 9.79. The molecule has 3 unspecified atom stereocenters. The van der Waals surface area contributed by atoms with Gasteiger partial charge < -0.3 is 0 Å². The summed E-state index contributed by atoms with van der Waals surface area (Å²) in [4.78, 5) is 13.8. The quantitative estimate of drug-likeness (QED) is 0.567. The summed E-state index contributed by atoms with van der Waals surface area (Å²) in [6.45, 7) is 0. The van der Waals surface area contributed by atoms with Crippen LogP contribution in [0.4, 0.5) is 0 Å². The number of allylic oxidation sites excluding steroid dienone is 2. The predicted molar refractivity (Wildman–Crippen MR) is 106 cm³/mol. The summed E-state index contributed by atoms with van der Waals surface area (Å²) >= 11 is 15.7. The molecule has 0 saturated carbocycles. The predicted octanol–water partition coefficient (Wildman–Crippen LogP) is 6.22. The van der Waals surface area contributed by atoms with Crippen LogP contribution in [0, 0.1) is 0 Å². The number of thioether (sulfide) groups is 1. The number of ketones is 1. The lowest BCUT2D eigenvalue weighted by Crippen LogP contribution is -2.39. The Morgan fingerprint density at radius 2 is 1.60 bits per heavy atom. The topological polar surface area (TPSA) is 17.1 Å². The maximum Gasteiger partial charge on any atom is 0.160 e. The third-order valence-electron chi connectivity index (χ3n) is 4.96. The fourth-order valence-corrected chi connectivity index (χ4v) is 6.28. The van der Waals surface area contributed by atoms with Gasteiger partial charge in [-0.2, -0.15) is 0 Å². The maximum atomic E-state index is 12.7. The van der Waals surface area contributed by atoms with Crippen molar-refractivity contribution in [3.05, 3.63) is 82.3 Å². The summed E-state index contributed by atoms with van der Waals surface area (Å²) in [5.41, 5.74) is 2.94. The molecule has 0 fully saturated rings. The maximum absolute atomic E-state index is 12.7. The highest BCUT2D eigenvalue weighted by molar-refractivity contribution is 8.05. The summed E-state index contributed by atoms with van der Waals surface area (Å²) in [6.07, 6.45) is 2.40. The average molecular weight is 389 g/mol. The van der Waals surface area contributed by atoms with Crippen molar-refractivity contribution in [1.82, 2.24) is 0 Å². The second-order valence-corrected chi connectivity index (χ2v) is 9.15. The van der Waals surface area contributed by atoms with Crippen molar-refractivity contribution in [3.63, 3.8) is 0 Å². The van der Waals surface area contributed by atoms with Crippen LogP contribution in [0.25, 0.3) is 0 Å². The number of carbonyl (C=O) groups excluding carboxylic acids is 1. The molecule has 2 aromatic carbocycles. The number of benzene rings is 2. The molecular weight excluding hydrogens is 371 g/mol. The van der Waals surface area contributed by atoms with Crippen molar-refractivity contribution in [2.45, 2.75) is 34.8 Å². The molecule has 2 aromatic rings. The summed E-state index contributed by atoms with van der Waals surface area (Å²) in [7, 11) is 0. The summed E-state index contributed by atoms with van der Waals surface area (Å²) in [6, 6.07) is 20.0. The van der Waals surface area contributed by atoms with E-state index in [9.17, 15) is 4.79 Å². The van der Waals surface area contributed by atoms with E-state index in [1.54, 1.807) is 11.8 Å². The normalized spacial score (nSPS) is 29.4. The molecule has 0 N–H and O–H groups in total. The van der Waals surface area contributed by atoms with Gasteiger partial charge in [0.05, 0.1) is 5.38 Å². The van der Waals surface area contributed by atoms with Crippen molar-refractivity contribution in [2.24, 2.45) is 0 Å². The van der Waals surface area contributed by atoms with Crippen LogP contribution in [0.3, 0.4) is 0 Å². The van der Waals surface area contributed by atoms with Crippen LogP contribution in [0.2, 0.25) is 0 Å². The molecule has 1 aliphatic carbocycles. The molecule has 1 aliphatic heterocycles. The number of hydrogen-bond acceptors (Lipinski definition) is 2. The zero-order valence-electron chi connectivity index (χ0n) is 13.6. The van der Waals surface area contributed by atoms with Gasteiger partial charge in [0, 0.05) is 17.9 Å². The molecule has 0 spiro atoms. The van der Waals surface area contributed by atoms with Gasteiger partial charge in [0.2, 0.25) is 0 Å². The van der Waals surface area contributed by atoms with E-state index in [4.69, 9.17) is 23.2 Å². The second kappa shape index (κ2) is 6.83. The largest absolute Gasteiger partial charge is 0.295 e. The van der Waals surface area contributed by atoms with Crippen molar-refractivity contribution in [1.29, 1.82) is 0 Å². The minimum absolute atomic E-state index is 0.176. The van der Waals surface area contributed by atoms with Gasteiger partial charge in [-0.3, -0.25) is 4.79 Å². The molecule has 3 atom stereocenters. The standard InChI is InChI=1S/C21H18Cl2OS/c22-20-18(14-8-3-1-4-9-14)19-16(24)12-7-13-17(19)25-21(20,23)15-10-5-2-6-11-15/h1-6,8-11,18,20H,7,12-13H2. The minimum Gasteiger partial charge on any atom is -0.295 e. The lowest BCUT2D eigenvalue weighted by Gasteiger charge is -2.44. The van der Waals surface area contributed by atoms with Crippen LogP contribution in [0.15, 0.2) is 71.1 Å². The Morgan fingerprint density at radius 3 is 2.28 bits per heavy atom. The number of Topliss-reactive ketones (excluding diaryl/α,β-unsaturated/α-hetero) is 1. The molecule has 0 amide bonds. The first-order valence-electron chi connectivity index (χ1n) is 8.50. The highest BCUT2D eigenvalue weighted by Crippen LogP contribution is 2.61. The molecule has 4 heteroatoms. The third-order valence-corrected chi connectivity index (χ3v) is 7.93. The Morgan fingerprint density at radius 1 is 0.960 bits per heavy atom. The van der Waals surface area contributed by atoms with Crippen LogP contribution in [-0.4, -0.2) is 11.2 Å². The fraction of sp³-hybridized carbons (Fsp3) is 0.286. The van der Waals surface area contributed by atoms with E-state index in [0.717, 1.165) is 34.4 Å². The minimum atomic E-state index is -0.778. The molecule has 0 aromatic heterocycles.